The van der Waals surface area contributed by atoms with Crippen LogP contribution >= 0.6 is 0 Å². The molecular weight excluding hydrogens is 288 g/mol. The molecule has 1 aliphatic rings. The lowest BCUT2D eigenvalue weighted by atomic mass is 9.99. The predicted octanol–water partition coefficient (Wildman–Crippen LogP) is 2.77. The average molecular weight is 308 g/mol. The first kappa shape index (κ1) is 15.3. The third-order valence-corrected chi connectivity index (χ3v) is 4.11. The van der Waals surface area contributed by atoms with E-state index in [0.29, 0.717) is 13.0 Å². The summed E-state index contributed by atoms with van der Waals surface area (Å²) in [4.78, 5) is 25.4. The lowest BCUT2D eigenvalue weighted by Gasteiger charge is -2.29. The summed E-state index contributed by atoms with van der Waals surface area (Å²) in [6.45, 7) is 2.95. The van der Waals surface area contributed by atoms with E-state index < -0.39 is 0 Å². The molecule has 2 aromatic rings. The Bertz CT molecular complexity index is 722. The number of anilines is 1. The van der Waals surface area contributed by atoms with E-state index in [0.717, 1.165) is 24.2 Å². The maximum atomic E-state index is 12.5. The van der Waals surface area contributed by atoms with Crippen LogP contribution in [0.2, 0.25) is 0 Å². The molecule has 4 nitrogen and oxygen atoms in total. The smallest absolute Gasteiger partial charge is 0.227 e. The van der Waals surface area contributed by atoms with Gasteiger partial charge in [0, 0.05) is 25.7 Å². The second-order valence-electron chi connectivity index (χ2n) is 5.89. The van der Waals surface area contributed by atoms with Crippen LogP contribution in [0.1, 0.15) is 23.6 Å². The summed E-state index contributed by atoms with van der Waals surface area (Å²) in [5.41, 5.74) is 4.30. The second kappa shape index (κ2) is 6.65. The van der Waals surface area contributed by atoms with Crippen molar-refractivity contribution >= 4 is 17.5 Å². The maximum Gasteiger partial charge on any atom is 0.227 e. The Balaban J connectivity index is 1.62. The Morgan fingerprint density at radius 1 is 1.04 bits per heavy atom. The van der Waals surface area contributed by atoms with Crippen molar-refractivity contribution in [2.75, 3.05) is 11.9 Å². The summed E-state index contributed by atoms with van der Waals surface area (Å²) in [5.74, 6) is 0.0487. The Kier molecular flexibility index (Phi) is 4.42. The summed E-state index contributed by atoms with van der Waals surface area (Å²) >= 11 is 0. The van der Waals surface area contributed by atoms with E-state index in [1.807, 2.05) is 41.3 Å². The minimum Gasteiger partial charge on any atom is -0.338 e. The van der Waals surface area contributed by atoms with Gasteiger partial charge >= 0.3 is 0 Å². The van der Waals surface area contributed by atoms with E-state index in [9.17, 15) is 9.59 Å². The first-order valence-corrected chi connectivity index (χ1v) is 7.83. The highest BCUT2D eigenvalue weighted by Crippen LogP contribution is 2.19. The molecule has 2 amide bonds. The van der Waals surface area contributed by atoms with Crippen molar-refractivity contribution in [3.05, 3.63) is 65.2 Å². The maximum absolute atomic E-state index is 12.5. The monoisotopic (exact) mass is 308 g/mol. The number of rotatable bonds is 3. The molecule has 0 fully saturated rings. The largest absolute Gasteiger partial charge is 0.338 e. The molecule has 0 bridgehead atoms. The predicted molar refractivity (Wildman–Crippen MR) is 90.0 cm³/mol. The van der Waals surface area contributed by atoms with Crippen LogP contribution < -0.4 is 5.32 Å². The highest BCUT2D eigenvalue weighted by molar-refractivity contribution is 5.88. The second-order valence-corrected chi connectivity index (χ2v) is 5.89. The van der Waals surface area contributed by atoms with Gasteiger partial charge in [-0.3, -0.25) is 9.59 Å². The number of fused-ring (bicyclic) bond motifs is 1. The minimum atomic E-state index is -0.0965. The van der Waals surface area contributed by atoms with Gasteiger partial charge in [0.15, 0.2) is 0 Å². The molecule has 1 heterocycles. The summed E-state index contributed by atoms with van der Waals surface area (Å²) in [7, 11) is 0. The SMILES string of the molecule is CC(=O)Nc1ccc(CC(=O)N2CCc3ccccc3C2)cc1. The number of nitrogens with one attached hydrogen (secondary N) is 1. The molecule has 0 radical (unpaired) electrons. The third-order valence-electron chi connectivity index (χ3n) is 4.11. The highest BCUT2D eigenvalue weighted by Gasteiger charge is 2.20. The highest BCUT2D eigenvalue weighted by atomic mass is 16.2. The molecule has 1 aliphatic heterocycles. The van der Waals surface area contributed by atoms with E-state index in [4.69, 9.17) is 0 Å². The Morgan fingerprint density at radius 2 is 1.74 bits per heavy atom. The van der Waals surface area contributed by atoms with Crippen molar-refractivity contribution in [3.63, 3.8) is 0 Å². The van der Waals surface area contributed by atoms with Gasteiger partial charge in [0.25, 0.3) is 0 Å². The van der Waals surface area contributed by atoms with E-state index in [1.165, 1.54) is 18.1 Å². The van der Waals surface area contributed by atoms with Gasteiger partial charge in [0.1, 0.15) is 0 Å². The van der Waals surface area contributed by atoms with Crippen molar-refractivity contribution in [1.82, 2.24) is 4.90 Å². The van der Waals surface area contributed by atoms with E-state index in [1.54, 1.807) is 0 Å². The molecule has 2 aromatic carbocycles. The first-order chi connectivity index (χ1) is 11.1. The van der Waals surface area contributed by atoms with Crippen LogP contribution in [0, 0.1) is 0 Å². The molecule has 0 atom stereocenters. The summed E-state index contributed by atoms with van der Waals surface area (Å²) in [6, 6.07) is 15.7. The number of amides is 2. The molecule has 0 unspecified atom stereocenters. The van der Waals surface area contributed by atoms with Crippen molar-refractivity contribution in [2.24, 2.45) is 0 Å². The number of hydrogen-bond donors (Lipinski definition) is 1. The van der Waals surface area contributed by atoms with Gasteiger partial charge < -0.3 is 10.2 Å². The number of hydrogen-bond acceptors (Lipinski definition) is 2. The van der Waals surface area contributed by atoms with E-state index in [-0.39, 0.29) is 11.8 Å². The molecular formula is C19H20N2O2. The zero-order valence-electron chi connectivity index (χ0n) is 13.2. The molecule has 1 N–H and O–H groups in total. The fraction of sp³-hybridized carbons (Fsp3) is 0.263. The quantitative estimate of drug-likeness (QED) is 0.948. The molecule has 3 rings (SSSR count). The average Bonchev–Trinajstić information content (AvgIpc) is 2.55. The number of carbonyl (C=O) groups is 2. The topological polar surface area (TPSA) is 49.4 Å². The molecule has 0 spiro atoms. The Labute approximate surface area is 136 Å². The fourth-order valence-corrected chi connectivity index (χ4v) is 2.90. The Morgan fingerprint density at radius 3 is 2.43 bits per heavy atom. The van der Waals surface area contributed by atoms with Crippen LogP contribution in [-0.4, -0.2) is 23.3 Å². The summed E-state index contributed by atoms with van der Waals surface area (Å²) in [5, 5.41) is 2.73. The van der Waals surface area contributed by atoms with E-state index >= 15 is 0 Å². The van der Waals surface area contributed by atoms with Gasteiger partial charge in [-0.2, -0.15) is 0 Å². The zero-order valence-corrected chi connectivity index (χ0v) is 13.2. The number of nitrogens with zero attached hydrogens (tertiary/aromatic N) is 1. The number of benzene rings is 2. The normalized spacial score (nSPS) is 13.3. The third kappa shape index (κ3) is 3.77. The number of carbonyl (C=O) groups excluding carboxylic acids is 2. The van der Waals surface area contributed by atoms with Gasteiger partial charge in [-0.25, -0.2) is 0 Å². The van der Waals surface area contributed by atoms with Gasteiger partial charge in [-0.15, -0.1) is 0 Å². The summed E-state index contributed by atoms with van der Waals surface area (Å²) < 4.78 is 0. The molecule has 0 saturated carbocycles. The van der Waals surface area contributed by atoms with Crippen LogP contribution in [0.5, 0.6) is 0 Å². The molecule has 4 heteroatoms. The van der Waals surface area contributed by atoms with Gasteiger partial charge in [0.05, 0.1) is 6.42 Å². The standard InChI is InChI=1S/C19H20N2O2/c1-14(22)20-18-8-6-15(7-9-18)12-19(23)21-11-10-16-4-2-3-5-17(16)13-21/h2-9H,10-13H2,1H3,(H,20,22). The van der Waals surface area contributed by atoms with Crippen molar-refractivity contribution in [2.45, 2.75) is 26.3 Å². The van der Waals surface area contributed by atoms with Crippen LogP contribution in [-0.2, 0) is 29.0 Å². The van der Waals surface area contributed by atoms with Crippen molar-refractivity contribution in [3.8, 4) is 0 Å². The first-order valence-electron chi connectivity index (χ1n) is 7.83. The minimum absolute atomic E-state index is 0.0965. The fourth-order valence-electron chi connectivity index (χ4n) is 2.90. The van der Waals surface area contributed by atoms with Gasteiger partial charge in [-0.05, 0) is 35.2 Å². The molecule has 0 aromatic heterocycles. The molecule has 23 heavy (non-hydrogen) atoms. The molecule has 0 saturated heterocycles. The summed E-state index contributed by atoms with van der Waals surface area (Å²) in [6.07, 6.45) is 1.31. The van der Waals surface area contributed by atoms with Crippen LogP contribution in [0.3, 0.4) is 0 Å². The molecule has 0 aliphatic carbocycles. The molecule has 118 valence electrons. The van der Waals surface area contributed by atoms with E-state index in [2.05, 4.69) is 17.4 Å². The van der Waals surface area contributed by atoms with Gasteiger partial charge in [0.2, 0.25) is 11.8 Å². The van der Waals surface area contributed by atoms with Crippen molar-refractivity contribution < 1.29 is 9.59 Å². The van der Waals surface area contributed by atoms with Gasteiger partial charge in [-0.1, -0.05) is 36.4 Å². The van der Waals surface area contributed by atoms with Crippen LogP contribution in [0.25, 0.3) is 0 Å². The van der Waals surface area contributed by atoms with Crippen LogP contribution in [0.4, 0.5) is 5.69 Å². The zero-order chi connectivity index (χ0) is 16.2. The lowest BCUT2D eigenvalue weighted by Crippen LogP contribution is -2.36. The lowest BCUT2D eigenvalue weighted by molar-refractivity contribution is -0.131. The van der Waals surface area contributed by atoms with Crippen molar-refractivity contribution in [1.29, 1.82) is 0 Å². The Hall–Kier alpha value is -2.62. The van der Waals surface area contributed by atoms with Crippen LogP contribution in [0.15, 0.2) is 48.5 Å².